The molecule has 2 aliphatic rings. The molecule has 2 aromatic rings. The number of ether oxygens (including phenoxy) is 2. The Labute approximate surface area is 251 Å². The van der Waals surface area contributed by atoms with E-state index in [2.05, 4.69) is 5.32 Å². The number of carbonyl (C=O) groups excluding carboxylic acids is 1. The van der Waals surface area contributed by atoms with E-state index in [-0.39, 0.29) is 42.9 Å². The van der Waals surface area contributed by atoms with Crippen LogP contribution in [-0.4, -0.2) is 54.3 Å². The number of hydrogen-bond donors (Lipinski definition) is 2. The highest BCUT2D eigenvalue weighted by molar-refractivity contribution is 5.87. The monoisotopic (exact) mass is 604 g/mol. The first-order valence-corrected chi connectivity index (χ1v) is 15.0. The number of halogens is 3. The van der Waals surface area contributed by atoms with Crippen molar-refractivity contribution in [2.24, 2.45) is 17.3 Å². The van der Waals surface area contributed by atoms with E-state index in [9.17, 15) is 27.9 Å². The van der Waals surface area contributed by atoms with E-state index in [1.165, 1.54) is 13.2 Å². The quantitative estimate of drug-likeness (QED) is 0.303. The molecule has 2 aromatic carbocycles. The molecule has 1 aliphatic carbocycles. The lowest BCUT2D eigenvalue weighted by atomic mass is 9.72. The number of benzene rings is 2. The van der Waals surface area contributed by atoms with Gasteiger partial charge in [0.15, 0.2) is 0 Å². The fourth-order valence-electron chi connectivity index (χ4n) is 6.79. The second-order valence-corrected chi connectivity index (χ2v) is 12.7. The smallest absolute Gasteiger partial charge is 0.416 e. The van der Waals surface area contributed by atoms with E-state index < -0.39 is 47.2 Å². The van der Waals surface area contributed by atoms with Crippen LogP contribution < -0.4 is 10.1 Å². The highest BCUT2D eigenvalue weighted by Gasteiger charge is 2.58. The average molecular weight is 605 g/mol. The molecule has 1 heterocycles. The molecule has 43 heavy (non-hydrogen) atoms. The molecule has 1 saturated carbocycles. The van der Waals surface area contributed by atoms with E-state index >= 15 is 0 Å². The minimum absolute atomic E-state index is 0.0232. The molecule has 0 spiro atoms. The number of carboxylic acids is 1. The van der Waals surface area contributed by atoms with Crippen LogP contribution in [0.1, 0.15) is 75.6 Å². The van der Waals surface area contributed by atoms with Crippen molar-refractivity contribution in [1.82, 2.24) is 10.2 Å². The first-order valence-electron chi connectivity index (χ1n) is 15.0. The summed E-state index contributed by atoms with van der Waals surface area (Å²) in [5.74, 6) is -1.78. The Kier molecular flexibility index (Phi) is 10.4. The first-order chi connectivity index (χ1) is 20.3. The molecular weight excluding hydrogens is 561 g/mol. The maximum absolute atomic E-state index is 14.2. The summed E-state index contributed by atoms with van der Waals surface area (Å²) in [6.07, 6.45) is -0.227. The van der Waals surface area contributed by atoms with E-state index in [4.69, 9.17) is 9.47 Å². The third kappa shape index (κ3) is 7.52. The molecular formula is C33H43F3N2O5. The normalized spacial score (nSPS) is 23.4. The van der Waals surface area contributed by atoms with Crippen molar-refractivity contribution in [1.29, 1.82) is 0 Å². The Balaban J connectivity index is 1.79. The molecule has 2 fully saturated rings. The SMILES string of the molecule is COCCOc1ccc(C(F)(F)F)cc1CN[C@@H]1[C@@H](C(C)(C)C)[C@H](C(=O)O)N(C(=O)C2CCCCC2)[C@@H]1c1ccccc1. The van der Waals surface area contributed by atoms with Gasteiger partial charge in [-0.1, -0.05) is 70.4 Å². The van der Waals surface area contributed by atoms with Crippen LogP contribution in [0.3, 0.4) is 0 Å². The Hall–Kier alpha value is -3.11. The average Bonchev–Trinajstić information content (AvgIpc) is 3.33. The van der Waals surface area contributed by atoms with Crippen molar-refractivity contribution in [3.63, 3.8) is 0 Å². The minimum Gasteiger partial charge on any atom is -0.491 e. The Morgan fingerprint density at radius 3 is 2.26 bits per heavy atom. The number of likely N-dealkylation sites (tertiary alicyclic amines) is 1. The summed E-state index contributed by atoms with van der Waals surface area (Å²) in [6.45, 7) is 6.23. The van der Waals surface area contributed by atoms with E-state index in [0.29, 0.717) is 12.8 Å². The fraction of sp³-hybridized carbons (Fsp3) is 0.576. The van der Waals surface area contributed by atoms with Crippen molar-refractivity contribution in [3.8, 4) is 5.75 Å². The van der Waals surface area contributed by atoms with Crippen molar-refractivity contribution in [2.45, 2.75) is 83.7 Å². The molecule has 0 bridgehead atoms. The van der Waals surface area contributed by atoms with E-state index in [1.54, 1.807) is 4.90 Å². The Morgan fingerprint density at radius 2 is 1.67 bits per heavy atom. The van der Waals surface area contributed by atoms with Gasteiger partial charge in [0.2, 0.25) is 5.91 Å². The maximum atomic E-state index is 14.2. The molecule has 2 N–H and O–H groups in total. The number of alkyl halides is 3. The molecule has 0 aromatic heterocycles. The lowest BCUT2D eigenvalue weighted by Gasteiger charge is -2.36. The van der Waals surface area contributed by atoms with E-state index in [1.807, 2.05) is 51.1 Å². The van der Waals surface area contributed by atoms with Crippen molar-refractivity contribution in [2.75, 3.05) is 20.3 Å². The summed E-state index contributed by atoms with van der Waals surface area (Å²) < 4.78 is 52.0. The lowest BCUT2D eigenvalue weighted by Crippen LogP contribution is -2.49. The summed E-state index contributed by atoms with van der Waals surface area (Å²) in [7, 11) is 1.51. The van der Waals surface area contributed by atoms with Crippen LogP contribution in [0.5, 0.6) is 5.75 Å². The number of carboxylic acid groups (broad SMARTS) is 1. The Morgan fingerprint density at radius 1 is 1.00 bits per heavy atom. The van der Waals surface area contributed by atoms with Gasteiger partial charge in [-0.3, -0.25) is 4.79 Å². The third-order valence-corrected chi connectivity index (χ3v) is 8.73. The number of nitrogens with zero attached hydrogens (tertiary/aromatic N) is 1. The molecule has 0 radical (unpaired) electrons. The number of hydrogen-bond acceptors (Lipinski definition) is 5. The van der Waals surface area contributed by atoms with Crippen molar-refractivity contribution < 1.29 is 37.3 Å². The third-order valence-electron chi connectivity index (χ3n) is 8.73. The number of rotatable bonds is 10. The predicted molar refractivity (Wildman–Crippen MR) is 156 cm³/mol. The topological polar surface area (TPSA) is 88.1 Å². The molecule has 4 rings (SSSR count). The number of methoxy groups -OCH3 is 1. The standard InChI is InChI=1S/C33H43F3N2O5/c1-32(2,3)26-27(37-20-23-19-24(33(34,35)36)15-16-25(23)43-18-17-42-4)28(21-11-7-5-8-12-21)38(29(26)31(40)41)30(39)22-13-9-6-10-14-22/h5,7-8,11-12,15-16,19,22,26-29,37H,6,9-10,13-14,17-18,20H2,1-4H3,(H,40,41)/t26-,27-,28-,29-/m1/s1. The summed E-state index contributed by atoms with van der Waals surface area (Å²) in [5.41, 5.74) is -0.308. The zero-order chi connectivity index (χ0) is 31.4. The zero-order valence-corrected chi connectivity index (χ0v) is 25.3. The van der Waals surface area contributed by atoms with Crippen LogP contribution >= 0.6 is 0 Å². The van der Waals surface area contributed by atoms with Crippen LogP contribution in [0.15, 0.2) is 48.5 Å². The van der Waals surface area contributed by atoms with Crippen LogP contribution in [-0.2, 0) is 27.0 Å². The van der Waals surface area contributed by atoms with Gasteiger partial charge in [0.1, 0.15) is 18.4 Å². The summed E-state index contributed by atoms with van der Waals surface area (Å²) in [4.78, 5) is 28.8. The molecule has 7 nitrogen and oxygen atoms in total. The zero-order valence-electron chi connectivity index (χ0n) is 25.3. The Bertz CT molecular complexity index is 1240. The minimum atomic E-state index is -4.55. The number of aliphatic carboxylic acids is 1. The second kappa shape index (κ2) is 13.7. The van der Waals surface area contributed by atoms with E-state index in [0.717, 1.165) is 37.0 Å². The van der Waals surface area contributed by atoms with Crippen LogP contribution in [0.25, 0.3) is 0 Å². The van der Waals surface area contributed by atoms with Crippen LogP contribution in [0.4, 0.5) is 13.2 Å². The number of carbonyl (C=O) groups is 2. The second-order valence-electron chi connectivity index (χ2n) is 12.7. The van der Waals surface area contributed by atoms with Gasteiger partial charge in [-0.2, -0.15) is 13.2 Å². The van der Waals surface area contributed by atoms with Gasteiger partial charge in [0.05, 0.1) is 18.2 Å². The lowest BCUT2D eigenvalue weighted by molar-refractivity contribution is -0.154. The predicted octanol–water partition coefficient (Wildman–Crippen LogP) is 6.47. The van der Waals surface area contributed by atoms with Crippen LogP contribution in [0, 0.1) is 17.3 Å². The molecule has 0 unspecified atom stereocenters. The van der Waals surface area contributed by atoms with Gasteiger partial charge >= 0.3 is 12.1 Å². The molecule has 1 amide bonds. The maximum Gasteiger partial charge on any atom is 0.416 e. The number of nitrogens with one attached hydrogen (secondary N) is 1. The van der Waals surface area contributed by atoms with Crippen molar-refractivity contribution in [3.05, 3.63) is 65.2 Å². The highest BCUT2D eigenvalue weighted by atomic mass is 19.4. The van der Waals surface area contributed by atoms with Gasteiger partial charge < -0.3 is 24.8 Å². The van der Waals surface area contributed by atoms with Crippen LogP contribution in [0.2, 0.25) is 0 Å². The summed E-state index contributed by atoms with van der Waals surface area (Å²) in [5, 5.41) is 14.1. The van der Waals surface area contributed by atoms with Gasteiger partial charge in [0, 0.05) is 37.1 Å². The highest BCUT2D eigenvalue weighted by Crippen LogP contribution is 2.49. The fourth-order valence-corrected chi connectivity index (χ4v) is 6.79. The summed E-state index contributed by atoms with van der Waals surface area (Å²) >= 11 is 0. The van der Waals surface area contributed by atoms with Gasteiger partial charge in [-0.05, 0) is 42.0 Å². The number of amides is 1. The largest absolute Gasteiger partial charge is 0.491 e. The molecule has 236 valence electrons. The molecule has 10 heteroatoms. The first kappa shape index (κ1) is 32.8. The molecule has 4 atom stereocenters. The van der Waals surface area contributed by atoms with Gasteiger partial charge in [-0.15, -0.1) is 0 Å². The van der Waals surface area contributed by atoms with Crippen molar-refractivity contribution >= 4 is 11.9 Å². The van der Waals surface area contributed by atoms with Gasteiger partial charge in [-0.25, -0.2) is 4.79 Å². The molecule has 1 saturated heterocycles. The van der Waals surface area contributed by atoms with Gasteiger partial charge in [0.25, 0.3) is 0 Å². The summed E-state index contributed by atoms with van der Waals surface area (Å²) in [6, 6.07) is 10.4. The molecule has 1 aliphatic heterocycles.